The zero-order valence-electron chi connectivity index (χ0n) is 5.09. The summed E-state index contributed by atoms with van der Waals surface area (Å²) < 4.78 is 0.217. The lowest BCUT2D eigenvalue weighted by Gasteiger charge is -2.17. The standard InChI is InChI=1S/C6H9NS/c1-6(2)5-7-3-4-8-6/h3-5H,1-2H3. The van der Waals surface area contributed by atoms with Gasteiger partial charge in [0.2, 0.25) is 0 Å². The summed E-state index contributed by atoms with van der Waals surface area (Å²) in [5.41, 5.74) is 0. The van der Waals surface area contributed by atoms with Gasteiger partial charge in [-0.1, -0.05) is 0 Å². The monoisotopic (exact) mass is 127 g/mol. The molecule has 1 heterocycles. The van der Waals surface area contributed by atoms with E-state index in [0.717, 1.165) is 0 Å². The average Bonchev–Trinajstić information content (AvgIpc) is 1.65. The lowest BCUT2D eigenvalue weighted by molar-refractivity contribution is 0.974. The molecule has 0 amide bonds. The third-order valence-electron chi connectivity index (χ3n) is 0.904. The van der Waals surface area contributed by atoms with E-state index in [1.807, 2.05) is 17.8 Å². The minimum atomic E-state index is 0.217. The van der Waals surface area contributed by atoms with Crippen LogP contribution in [0.5, 0.6) is 0 Å². The van der Waals surface area contributed by atoms with Gasteiger partial charge in [-0.25, -0.2) is 0 Å². The van der Waals surface area contributed by atoms with Gasteiger partial charge in [0.25, 0.3) is 0 Å². The molecule has 2 heteroatoms. The first-order valence-corrected chi connectivity index (χ1v) is 3.46. The summed E-state index contributed by atoms with van der Waals surface area (Å²) in [5, 5.41) is 2.01. The van der Waals surface area contributed by atoms with Crippen LogP contribution >= 0.6 is 11.8 Å². The highest BCUT2D eigenvalue weighted by molar-refractivity contribution is 8.04. The summed E-state index contributed by atoms with van der Waals surface area (Å²) >= 11 is 1.79. The number of nitrogens with zero attached hydrogens (tertiary/aromatic N) is 1. The number of hydrogen-bond donors (Lipinski definition) is 0. The number of thioether (sulfide) groups is 1. The summed E-state index contributed by atoms with van der Waals surface area (Å²) in [6.07, 6.45) is 3.77. The molecule has 1 aliphatic rings. The Morgan fingerprint density at radius 3 is 2.50 bits per heavy atom. The van der Waals surface area contributed by atoms with Gasteiger partial charge in [0.05, 0.1) is 0 Å². The fourth-order valence-corrected chi connectivity index (χ4v) is 1.10. The Morgan fingerprint density at radius 1 is 1.50 bits per heavy atom. The van der Waals surface area contributed by atoms with Gasteiger partial charge < -0.3 is 0 Å². The van der Waals surface area contributed by atoms with Crippen molar-refractivity contribution in [3.8, 4) is 0 Å². The lowest BCUT2D eigenvalue weighted by Crippen LogP contribution is -2.16. The van der Waals surface area contributed by atoms with Crippen LogP contribution in [0.4, 0.5) is 0 Å². The van der Waals surface area contributed by atoms with Gasteiger partial charge in [-0.2, -0.15) is 0 Å². The molecule has 0 fully saturated rings. The SMILES string of the molecule is CC1(C)C=NC=CS1. The van der Waals surface area contributed by atoms with E-state index in [0.29, 0.717) is 0 Å². The van der Waals surface area contributed by atoms with Crippen LogP contribution in [0.2, 0.25) is 0 Å². The molecule has 0 aromatic rings. The Kier molecular flexibility index (Phi) is 1.43. The van der Waals surface area contributed by atoms with Crippen LogP contribution in [-0.4, -0.2) is 11.0 Å². The van der Waals surface area contributed by atoms with Crippen LogP contribution in [-0.2, 0) is 0 Å². The highest BCUT2D eigenvalue weighted by Gasteiger charge is 2.14. The normalized spacial score (nSPS) is 23.8. The second-order valence-corrected chi connectivity index (χ2v) is 3.84. The van der Waals surface area contributed by atoms with Gasteiger partial charge in [0.1, 0.15) is 0 Å². The average molecular weight is 127 g/mol. The predicted molar refractivity (Wildman–Crippen MR) is 39.3 cm³/mol. The van der Waals surface area contributed by atoms with Crippen LogP contribution in [0, 0.1) is 0 Å². The topological polar surface area (TPSA) is 12.4 Å². The van der Waals surface area contributed by atoms with Crippen molar-refractivity contribution >= 4 is 18.0 Å². The Hall–Kier alpha value is -0.240. The van der Waals surface area contributed by atoms with Crippen molar-refractivity contribution in [2.45, 2.75) is 18.6 Å². The fourth-order valence-electron chi connectivity index (χ4n) is 0.494. The van der Waals surface area contributed by atoms with Crippen molar-refractivity contribution in [1.29, 1.82) is 0 Å². The quantitative estimate of drug-likeness (QED) is 0.485. The van der Waals surface area contributed by atoms with E-state index in [1.165, 1.54) is 0 Å². The third-order valence-corrected chi connectivity index (χ3v) is 1.87. The molecule has 0 saturated carbocycles. The molecule has 8 heavy (non-hydrogen) atoms. The molecule has 44 valence electrons. The Morgan fingerprint density at radius 2 is 2.25 bits per heavy atom. The van der Waals surface area contributed by atoms with E-state index in [4.69, 9.17) is 0 Å². The maximum Gasteiger partial charge on any atom is 0.0496 e. The van der Waals surface area contributed by atoms with Crippen LogP contribution < -0.4 is 0 Å². The second kappa shape index (κ2) is 1.94. The molecular weight excluding hydrogens is 118 g/mol. The Labute approximate surface area is 53.9 Å². The maximum absolute atomic E-state index is 4.00. The zero-order valence-corrected chi connectivity index (χ0v) is 5.90. The Balaban J connectivity index is 2.65. The maximum atomic E-state index is 4.00. The van der Waals surface area contributed by atoms with Gasteiger partial charge >= 0.3 is 0 Å². The second-order valence-electron chi connectivity index (χ2n) is 2.28. The molecule has 0 aromatic heterocycles. The summed E-state index contributed by atoms with van der Waals surface area (Å²) in [4.78, 5) is 4.00. The highest BCUT2D eigenvalue weighted by Crippen LogP contribution is 2.25. The molecule has 0 aliphatic carbocycles. The molecule has 1 aliphatic heterocycles. The molecule has 0 N–H and O–H groups in total. The van der Waals surface area contributed by atoms with E-state index in [2.05, 4.69) is 18.8 Å². The molecule has 0 saturated heterocycles. The van der Waals surface area contributed by atoms with Crippen LogP contribution in [0.1, 0.15) is 13.8 Å². The minimum absolute atomic E-state index is 0.217. The number of rotatable bonds is 0. The van der Waals surface area contributed by atoms with Gasteiger partial charge in [-0.3, -0.25) is 4.99 Å². The summed E-state index contributed by atoms with van der Waals surface area (Å²) in [6.45, 7) is 4.29. The molecular formula is C6H9NS. The lowest BCUT2D eigenvalue weighted by atomic mass is 10.2. The number of hydrogen-bond acceptors (Lipinski definition) is 2. The van der Waals surface area contributed by atoms with Crippen LogP contribution in [0.25, 0.3) is 0 Å². The van der Waals surface area contributed by atoms with Crippen molar-refractivity contribution in [2.24, 2.45) is 4.99 Å². The first-order valence-electron chi connectivity index (χ1n) is 2.58. The third kappa shape index (κ3) is 1.37. The van der Waals surface area contributed by atoms with Crippen molar-refractivity contribution in [3.63, 3.8) is 0 Å². The van der Waals surface area contributed by atoms with Crippen LogP contribution in [0.3, 0.4) is 0 Å². The summed E-state index contributed by atoms with van der Waals surface area (Å²) in [7, 11) is 0. The van der Waals surface area contributed by atoms with Gasteiger partial charge in [0.15, 0.2) is 0 Å². The molecule has 0 spiro atoms. The fraction of sp³-hybridized carbons (Fsp3) is 0.500. The molecule has 1 rings (SSSR count). The molecule has 1 nitrogen and oxygen atoms in total. The molecule has 0 radical (unpaired) electrons. The van der Waals surface area contributed by atoms with Crippen molar-refractivity contribution in [1.82, 2.24) is 0 Å². The van der Waals surface area contributed by atoms with Crippen molar-refractivity contribution in [3.05, 3.63) is 11.6 Å². The first kappa shape index (κ1) is 5.89. The van der Waals surface area contributed by atoms with E-state index in [9.17, 15) is 0 Å². The number of aliphatic imine (C=N–C) groups is 1. The van der Waals surface area contributed by atoms with E-state index in [-0.39, 0.29) is 4.75 Å². The smallest absolute Gasteiger partial charge is 0.0496 e. The van der Waals surface area contributed by atoms with Crippen molar-refractivity contribution < 1.29 is 0 Å². The molecule has 0 bridgehead atoms. The minimum Gasteiger partial charge on any atom is -0.267 e. The molecule has 0 unspecified atom stereocenters. The van der Waals surface area contributed by atoms with Gasteiger partial charge in [-0.15, -0.1) is 11.8 Å². The molecule has 0 atom stereocenters. The first-order chi connectivity index (χ1) is 3.71. The van der Waals surface area contributed by atoms with E-state index < -0.39 is 0 Å². The zero-order chi connectivity index (χ0) is 6.04. The van der Waals surface area contributed by atoms with E-state index >= 15 is 0 Å². The van der Waals surface area contributed by atoms with Crippen molar-refractivity contribution in [2.75, 3.05) is 0 Å². The van der Waals surface area contributed by atoms with Gasteiger partial charge in [-0.05, 0) is 19.3 Å². The summed E-state index contributed by atoms with van der Waals surface area (Å²) in [6, 6.07) is 0. The largest absolute Gasteiger partial charge is 0.267 e. The highest BCUT2D eigenvalue weighted by atomic mass is 32.2. The Bertz CT molecular complexity index is 135. The van der Waals surface area contributed by atoms with E-state index in [1.54, 1.807) is 11.8 Å². The van der Waals surface area contributed by atoms with Gasteiger partial charge in [0, 0.05) is 17.2 Å². The summed E-state index contributed by atoms with van der Waals surface area (Å²) in [5.74, 6) is 0. The molecule has 0 aromatic carbocycles. The predicted octanol–water partition coefficient (Wildman–Crippen LogP) is 2.05. The van der Waals surface area contributed by atoms with Crippen LogP contribution in [0.15, 0.2) is 16.6 Å².